The van der Waals surface area contributed by atoms with E-state index >= 15 is 0 Å². The van der Waals surface area contributed by atoms with Gasteiger partial charge in [0.2, 0.25) is 5.95 Å². The predicted octanol–water partition coefficient (Wildman–Crippen LogP) is 8.02. The van der Waals surface area contributed by atoms with E-state index in [2.05, 4.69) is 20.6 Å². The number of nitrogens with one attached hydrogen (secondary N) is 2. The Morgan fingerprint density at radius 1 is 0.676 bits per heavy atom. The van der Waals surface area contributed by atoms with Crippen LogP contribution < -0.4 is 20.1 Å². The van der Waals surface area contributed by atoms with E-state index in [1.165, 1.54) is 19.3 Å². The lowest BCUT2D eigenvalue weighted by Gasteiger charge is -2.23. The molecule has 2 aliphatic rings. The number of alkyl halides is 3. The number of anilines is 4. The van der Waals surface area contributed by atoms with Crippen LogP contribution in [0.25, 0.3) is 0 Å². The molecule has 0 amide bonds. The van der Waals surface area contributed by atoms with Crippen molar-refractivity contribution in [2.75, 3.05) is 10.6 Å². The Morgan fingerprint density at radius 3 is 1.68 bits per heavy atom. The standard InChI is InChI=1S/C28H31F3N4O2/c29-28(30,31)25-18-32-27(34-20-12-16-24(17-13-20)36-21-6-2-1-3-7-21)35-26(25)33-19-10-14-23(15-11-19)37-22-8-4-5-9-22/h10-18,21-22H,1-9H2,(H2,32,33,34,35). The third kappa shape index (κ3) is 6.84. The van der Waals surface area contributed by atoms with Gasteiger partial charge in [0.15, 0.2) is 0 Å². The maximum Gasteiger partial charge on any atom is 0.421 e. The average molecular weight is 513 g/mol. The van der Waals surface area contributed by atoms with Crippen LogP contribution in [0.2, 0.25) is 0 Å². The number of rotatable bonds is 8. The highest BCUT2D eigenvalue weighted by molar-refractivity contribution is 5.63. The Kier molecular flexibility index (Phi) is 7.67. The van der Waals surface area contributed by atoms with Gasteiger partial charge in [0.05, 0.1) is 12.2 Å². The van der Waals surface area contributed by atoms with Crippen molar-refractivity contribution >= 4 is 23.1 Å². The quantitative estimate of drug-likeness (QED) is 0.319. The third-order valence-corrected chi connectivity index (χ3v) is 6.78. The number of benzene rings is 2. The smallest absolute Gasteiger partial charge is 0.421 e. The molecular formula is C28H31F3N4O2. The molecule has 0 atom stereocenters. The lowest BCUT2D eigenvalue weighted by molar-refractivity contribution is -0.137. The molecule has 196 valence electrons. The number of hydrogen-bond donors (Lipinski definition) is 2. The van der Waals surface area contributed by atoms with Crippen molar-refractivity contribution in [1.29, 1.82) is 0 Å². The second-order valence-corrected chi connectivity index (χ2v) is 9.65. The van der Waals surface area contributed by atoms with Crippen molar-refractivity contribution in [3.63, 3.8) is 0 Å². The molecule has 0 bridgehead atoms. The molecule has 1 heterocycles. The first-order valence-electron chi connectivity index (χ1n) is 12.9. The fourth-order valence-electron chi connectivity index (χ4n) is 4.82. The molecule has 0 saturated heterocycles. The van der Waals surface area contributed by atoms with Crippen LogP contribution in [0.3, 0.4) is 0 Å². The van der Waals surface area contributed by atoms with Crippen molar-refractivity contribution < 1.29 is 22.6 Å². The van der Waals surface area contributed by atoms with Gasteiger partial charge < -0.3 is 20.1 Å². The van der Waals surface area contributed by atoms with Crippen LogP contribution in [-0.2, 0) is 6.18 Å². The van der Waals surface area contributed by atoms with Gasteiger partial charge in [0.1, 0.15) is 22.9 Å². The van der Waals surface area contributed by atoms with Gasteiger partial charge in [-0.25, -0.2) is 4.98 Å². The molecule has 2 aliphatic carbocycles. The number of hydrogen-bond acceptors (Lipinski definition) is 6. The van der Waals surface area contributed by atoms with E-state index in [0.29, 0.717) is 17.1 Å². The monoisotopic (exact) mass is 512 g/mol. The Morgan fingerprint density at radius 2 is 1.16 bits per heavy atom. The van der Waals surface area contributed by atoms with E-state index < -0.39 is 11.7 Å². The minimum absolute atomic E-state index is 0.0534. The van der Waals surface area contributed by atoms with Gasteiger partial charge in [-0.2, -0.15) is 18.2 Å². The topological polar surface area (TPSA) is 68.3 Å². The lowest BCUT2D eigenvalue weighted by atomic mass is 9.98. The van der Waals surface area contributed by atoms with Gasteiger partial charge in [-0.1, -0.05) is 6.42 Å². The summed E-state index contributed by atoms with van der Waals surface area (Å²) < 4.78 is 53.0. The lowest BCUT2D eigenvalue weighted by Crippen LogP contribution is -2.19. The third-order valence-electron chi connectivity index (χ3n) is 6.78. The highest BCUT2D eigenvalue weighted by Crippen LogP contribution is 2.36. The van der Waals surface area contributed by atoms with Crippen molar-refractivity contribution in [2.45, 2.75) is 76.2 Å². The van der Waals surface area contributed by atoms with E-state index in [9.17, 15) is 13.2 Å². The van der Waals surface area contributed by atoms with Crippen molar-refractivity contribution in [3.8, 4) is 11.5 Å². The summed E-state index contributed by atoms with van der Waals surface area (Å²) in [7, 11) is 0. The summed E-state index contributed by atoms with van der Waals surface area (Å²) in [6, 6.07) is 14.2. The van der Waals surface area contributed by atoms with Gasteiger partial charge >= 0.3 is 6.18 Å². The highest BCUT2D eigenvalue weighted by Gasteiger charge is 2.35. The van der Waals surface area contributed by atoms with Gasteiger partial charge in [-0.3, -0.25) is 0 Å². The summed E-state index contributed by atoms with van der Waals surface area (Å²) in [5.74, 6) is 1.20. The summed E-state index contributed by atoms with van der Waals surface area (Å²) in [5.41, 5.74) is 0.175. The van der Waals surface area contributed by atoms with E-state index in [-0.39, 0.29) is 24.0 Å². The molecule has 37 heavy (non-hydrogen) atoms. The molecule has 6 nitrogen and oxygen atoms in total. The largest absolute Gasteiger partial charge is 0.490 e. The van der Waals surface area contributed by atoms with Crippen LogP contribution in [0, 0.1) is 0 Å². The Hall–Kier alpha value is -3.49. The molecular weight excluding hydrogens is 481 g/mol. The first-order chi connectivity index (χ1) is 17.9. The van der Waals surface area contributed by atoms with Crippen molar-refractivity contribution in [2.24, 2.45) is 0 Å². The van der Waals surface area contributed by atoms with Crippen LogP contribution >= 0.6 is 0 Å². The number of ether oxygens (including phenoxy) is 2. The Labute approximate surface area is 214 Å². The molecule has 2 N–H and O–H groups in total. The molecule has 0 unspecified atom stereocenters. The first-order valence-corrected chi connectivity index (χ1v) is 12.9. The summed E-state index contributed by atoms with van der Waals surface area (Å²) >= 11 is 0. The van der Waals surface area contributed by atoms with E-state index in [0.717, 1.165) is 50.5 Å². The maximum atomic E-state index is 13.7. The fraction of sp³-hybridized carbons (Fsp3) is 0.429. The van der Waals surface area contributed by atoms with Crippen LogP contribution in [0.4, 0.5) is 36.3 Å². The van der Waals surface area contributed by atoms with E-state index in [4.69, 9.17) is 9.47 Å². The summed E-state index contributed by atoms with van der Waals surface area (Å²) in [6.07, 6.45) is 6.75. The van der Waals surface area contributed by atoms with Gasteiger partial charge in [0.25, 0.3) is 0 Å². The minimum atomic E-state index is -4.61. The average Bonchev–Trinajstić information content (AvgIpc) is 3.40. The minimum Gasteiger partial charge on any atom is -0.490 e. The second kappa shape index (κ2) is 11.3. The maximum absolute atomic E-state index is 13.7. The molecule has 3 aromatic rings. The molecule has 9 heteroatoms. The highest BCUT2D eigenvalue weighted by atomic mass is 19.4. The van der Waals surface area contributed by atoms with E-state index in [1.54, 1.807) is 36.4 Å². The predicted molar refractivity (Wildman–Crippen MR) is 137 cm³/mol. The molecule has 0 spiro atoms. The second-order valence-electron chi connectivity index (χ2n) is 9.65. The van der Waals surface area contributed by atoms with Gasteiger partial charge in [-0.15, -0.1) is 0 Å². The van der Waals surface area contributed by atoms with Gasteiger partial charge in [0, 0.05) is 17.6 Å². The first kappa shape index (κ1) is 25.2. The number of nitrogens with zero attached hydrogens (tertiary/aromatic N) is 2. The molecule has 2 fully saturated rings. The van der Waals surface area contributed by atoms with Crippen LogP contribution in [0.1, 0.15) is 63.4 Å². The SMILES string of the molecule is FC(F)(F)c1cnc(Nc2ccc(OC3CCCCC3)cc2)nc1Nc1ccc(OC2CCCC2)cc1. The summed E-state index contributed by atoms with van der Waals surface area (Å²) in [4.78, 5) is 8.03. The molecule has 0 radical (unpaired) electrons. The fourth-order valence-corrected chi connectivity index (χ4v) is 4.82. The van der Waals surface area contributed by atoms with Crippen LogP contribution in [0.5, 0.6) is 11.5 Å². The van der Waals surface area contributed by atoms with Crippen molar-refractivity contribution in [1.82, 2.24) is 9.97 Å². The zero-order valence-corrected chi connectivity index (χ0v) is 20.6. The summed E-state index contributed by atoms with van der Waals surface area (Å²) in [5, 5.41) is 5.78. The van der Waals surface area contributed by atoms with Crippen LogP contribution in [0.15, 0.2) is 54.7 Å². The Balaban J connectivity index is 1.27. The number of halogens is 3. The zero-order valence-electron chi connectivity index (χ0n) is 20.6. The molecule has 0 aliphatic heterocycles. The molecule has 1 aromatic heterocycles. The number of aromatic nitrogens is 2. The van der Waals surface area contributed by atoms with Crippen LogP contribution in [-0.4, -0.2) is 22.2 Å². The normalized spacial score (nSPS) is 16.9. The Bertz CT molecular complexity index is 1160. The van der Waals surface area contributed by atoms with E-state index in [1.807, 2.05) is 12.1 Å². The summed E-state index contributed by atoms with van der Waals surface area (Å²) in [6.45, 7) is 0. The zero-order chi connectivity index (χ0) is 25.7. The molecule has 5 rings (SSSR count). The molecule has 2 aromatic carbocycles. The van der Waals surface area contributed by atoms with Gasteiger partial charge in [-0.05, 0) is 99.9 Å². The molecule has 2 saturated carbocycles. The van der Waals surface area contributed by atoms with Crippen molar-refractivity contribution in [3.05, 3.63) is 60.3 Å².